The van der Waals surface area contributed by atoms with Crippen molar-refractivity contribution < 1.29 is 9.18 Å². The van der Waals surface area contributed by atoms with Gasteiger partial charge in [-0.25, -0.2) is 9.37 Å². The van der Waals surface area contributed by atoms with Crippen LogP contribution in [0.1, 0.15) is 16.1 Å². The van der Waals surface area contributed by atoms with Gasteiger partial charge in [-0.2, -0.15) is 0 Å². The summed E-state index contributed by atoms with van der Waals surface area (Å²) in [5.74, 6) is -0.0418. The molecule has 1 amide bonds. The van der Waals surface area contributed by atoms with E-state index in [1.807, 2.05) is 6.92 Å². The summed E-state index contributed by atoms with van der Waals surface area (Å²) in [6.07, 6.45) is 5.80. The van der Waals surface area contributed by atoms with E-state index in [9.17, 15) is 9.18 Å². The Balaban J connectivity index is 1.68. The number of piperazine rings is 1. The van der Waals surface area contributed by atoms with Gasteiger partial charge in [0.1, 0.15) is 5.82 Å². The van der Waals surface area contributed by atoms with E-state index in [4.69, 9.17) is 0 Å². The number of halogens is 1. The Labute approximate surface area is 127 Å². The van der Waals surface area contributed by atoms with E-state index in [-0.39, 0.29) is 11.5 Å². The number of rotatable bonds is 2. The molecule has 114 valence electrons. The van der Waals surface area contributed by atoms with Crippen molar-refractivity contribution in [3.8, 4) is 0 Å². The lowest BCUT2D eigenvalue weighted by Crippen LogP contribution is -2.49. The molecule has 1 aliphatic heterocycles. The molecule has 1 aliphatic rings. The average Bonchev–Trinajstić information content (AvgIpc) is 2.55. The zero-order valence-electron chi connectivity index (χ0n) is 12.2. The molecule has 0 N–H and O–H groups in total. The molecule has 7 heteroatoms. The highest BCUT2D eigenvalue weighted by molar-refractivity contribution is 5.94. The van der Waals surface area contributed by atoms with Crippen LogP contribution in [-0.4, -0.2) is 51.9 Å². The molecule has 2 aromatic heterocycles. The molecule has 6 nitrogen and oxygen atoms in total. The highest BCUT2D eigenvalue weighted by atomic mass is 19.1. The van der Waals surface area contributed by atoms with Gasteiger partial charge >= 0.3 is 0 Å². The fraction of sp³-hybridized carbons (Fsp3) is 0.333. The summed E-state index contributed by atoms with van der Waals surface area (Å²) >= 11 is 0. The van der Waals surface area contributed by atoms with Crippen LogP contribution >= 0.6 is 0 Å². The number of anilines is 1. The number of carbonyl (C=O) groups excluding carboxylic acids is 1. The minimum absolute atomic E-state index is 0.0686. The van der Waals surface area contributed by atoms with Crippen LogP contribution in [0.4, 0.5) is 10.2 Å². The maximum Gasteiger partial charge on any atom is 0.257 e. The molecule has 3 heterocycles. The molecular weight excluding hydrogens is 285 g/mol. The van der Waals surface area contributed by atoms with Crippen LogP contribution in [0.15, 0.2) is 30.9 Å². The second-order valence-electron chi connectivity index (χ2n) is 5.10. The van der Waals surface area contributed by atoms with E-state index in [0.717, 1.165) is 17.7 Å². The second kappa shape index (κ2) is 6.05. The molecule has 0 saturated carbocycles. The van der Waals surface area contributed by atoms with E-state index in [1.165, 1.54) is 12.3 Å². The maximum atomic E-state index is 13.7. The quantitative estimate of drug-likeness (QED) is 0.836. The Morgan fingerprint density at radius 1 is 1.14 bits per heavy atom. The molecule has 3 rings (SSSR count). The summed E-state index contributed by atoms with van der Waals surface area (Å²) in [4.78, 5) is 28.3. The van der Waals surface area contributed by atoms with Crippen molar-refractivity contribution >= 4 is 11.7 Å². The van der Waals surface area contributed by atoms with Crippen LogP contribution in [0, 0.1) is 12.7 Å². The first kappa shape index (κ1) is 14.4. The summed E-state index contributed by atoms with van der Waals surface area (Å²) in [5.41, 5.74) is 0.932. The average molecular weight is 301 g/mol. The lowest BCUT2D eigenvalue weighted by molar-refractivity contribution is 0.0741. The lowest BCUT2D eigenvalue weighted by atomic mass is 10.2. The van der Waals surface area contributed by atoms with Gasteiger partial charge in [-0.3, -0.25) is 14.8 Å². The number of hydrogen-bond acceptors (Lipinski definition) is 5. The Kier molecular flexibility index (Phi) is 3.95. The second-order valence-corrected chi connectivity index (χ2v) is 5.10. The van der Waals surface area contributed by atoms with Crippen molar-refractivity contribution in [1.29, 1.82) is 0 Å². The standard InChI is InChI=1S/C15H16FN5O/c1-11-14(19-5-4-18-11)20-6-8-21(9-7-20)15(22)12-2-3-17-10-13(12)16/h2-5,10H,6-9H2,1H3. The van der Waals surface area contributed by atoms with Crippen LogP contribution in [0.5, 0.6) is 0 Å². The van der Waals surface area contributed by atoms with Crippen molar-refractivity contribution in [3.63, 3.8) is 0 Å². The summed E-state index contributed by atoms with van der Waals surface area (Å²) in [6.45, 7) is 4.26. The molecule has 0 spiro atoms. The van der Waals surface area contributed by atoms with Crippen LogP contribution in [-0.2, 0) is 0 Å². The highest BCUT2D eigenvalue weighted by Crippen LogP contribution is 2.17. The van der Waals surface area contributed by atoms with Crippen LogP contribution < -0.4 is 4.90 Å². The van der Waals surface area contributed by atoms with Gasteiger partial charge in [0.25, 0.3) is 5.91 Å². The largest absolute Gasteiger partial charge is 0.352 e. The Morgan fingerprint density at radius 2 is 1.86 bits per heavy atom. The van der Waals surface area contributed by atoms with Crippen LogP contribution in [0.2, 0.25) is 0 Å². The molecule has 1 fully saturated rings. The summed E-state index contributed by atoms with van der Waals surface area (Å²) in [7, 11) is 0. The summed E-state index contributed by atoms with van der Waals surface area (Å²) in [6, 6.07) is 1.41. The number of nitrogens with zero attached hydrogens (tertiary/aromatic N) is 5. The highest BCUT2D eigenvalue weighted by Gasteiger charge is 2.25. The van der Waals surface area contributed by atoms with Gasteiger partial charge in [-0.15, -0.1) is 0 Å². The number of hydrogen-bond donors (Lipinski definition) is 0. The Bertz CT molecular complexity index is 685. The van der Waals surface area contributed by atoms with Gasteiger partial charge < -0.3 is 9.80 Å². The molecular formula is C15H16FN5O. The van der Waals surface area contributed by atoms with Crippen LogP contribution in [0.25, 0.3) is 0 Å². The number of pyridine rings is 1. The molecule has 0 aliphatic carbocycles. The van der Waals surface area contributed by atoms with E-state index in [0.29, 0.717) is 26.2 Å². The maximum absolute atomic E-state index is 13.7. The summed E-state index contributed by atoms with van der Waals surface area (Å²) in [5, 5.41) is 0. The first-order chi connectivity index (χ1) is 10.7. The van der Waals surface area contributed by atoms with Crippen molar-refractivity contribution in [1.82, 2.24) is 19.9 Å². The monoisotopic (exact) mass is 301 g/mol. The van der Waals surface area contributed by atoms with Crippen LogP contribution in [0.3, 0.4) is 0 Å². The molecule has 22 heavy (non-hydrogen) atoms. The van der Waals surface area contributed by atoms with E-state index in [1.54, 1.807) is 17.3 Å². The van der Waals surface area contributed by atoms with Gasteiger partial charge in [0.15, 0.2) is 5.82 Å². The third kappa shape index (κ3) is 2.74. The molecule has 0 atom stereocenters. The third-order valence-electron chi connectivity index (χ3n) is 3.72. The third-order valence-corrected chi connectivity index (χ3v) is 3.72. The molecule has 0 radical (unpaired) electrons. The van der Waals surface area contributed by atoms with Crippen molar-refractivity contribution in [3.05, 3.63) is 47.9 Å². The summed E-state index contributed by atoms with van der Waals surface area (Å²) < 4.78 is 13.7. The number of aromatic nitrogens is 3. The van der Waals surface area contributed by atoms with E-state index in [2.05, 4.69) is 19.9 Å². The van der Waals surface area contributed by atoms with Crippen molar-refractivity contribution in [2.45, 2.75) is 6.92 Å². The fourth-order valence-corrected chi connectivity index (χ4v) is 2.55. The van der Waals surface area contributed by atoms with E-state index >= 15 is 0 Å². The number of amides is 1. The number of carbonyl (C=O) groups is 1. The van der Waals surface area contributed by atoms with Gasteiger partial charge in [-0.05, 0) is 13.0 Å². The van der Waals surface area contributed by atoms with Gasteiger partial charge in [0.2, 0.25) is 0 Å². The number of aryl methyl sites for hydroxylation is 1. The van der Waals surface area contributed by atoms with Crippen molar-refractivity contribution in [2.75, 3.05) is 31.1 Å². The van der Waals surface area contributed by atoms with Gasteiger partial charge in [0, 0.05) is 44.8 Å². The first-order valence-corrected chi connectivity index (χ1v) is 7.08. The molecule has 1 saturated heterocycles. The van der Waals surface area contributed by atoms with Gasteiger partial charge in [0.05, 0.1) is 17.5 Å². The van der Waals surface area contributed by atoms with E-state index < -0.39 is 5.82 Å². The van der Waals surface area contributed by atoms with Gasteiger partial charge in [-0.1, -0.05) is 0 Å². The Morgan fingerprint density at radius 3 is 2.55 bits per heavy atom. The smallest absolute Gasteiger partial charge is 0.257 e. The molecule has 0 unspecified atom stereocenters. The Hall–Kier alpha value is -2.57. The predicted octanol–water partition coefficient (Wildman–Crippen LogP) is 1.28. The zero-order chi connectivity index (χ0) is 15.5. The zero-order valence-corrected chi connectivity index (χ0v) is 12.2. The fourth-order valence-electron chi connectivity index (χ4n) is 2.55. The van der Waals surface area contributed by atoms with Crippen molar-refractivity contribution in [2.24, 2.45) is 0 Å². The first-order valence-electron chi connectivity index (χ1n) is 7.08. The molecule has 2 aromatic rings. The topological polar surface area (TPSA) is 62.2 Å². The predicted molar refractivity (Wildman–Crippen MR) is 79.1 cm³/mol. The minimum Gasteiger partial charge on any atom is -0.352 e. The molecule has 0 aromatic carbocycles. The molecule has 0 bridgehead atoms. The normalized spacial score (nSPS) is 15.0. The minimum atomic E-state index is -0.584. The lowest BCUT2D eigenvalue weighted by Gasteiger charge is -2.35. The SMILES string of the molecule is Cc1nccnc1N1CCN(C(=O)c2ccncc2F)CC1.